The van der Waals surface area contributed by atoms with Gasteiger partial charge in [0.2, 0.25) is 10.0 Å². The first-order chi connectivity index (χ1) is 14.2. The molecule has 0 aliphatic heterocycles. The van der Waals surface area contributed by atoms with Crippen molar-refractivity contribution >= 4 is 15.7 Å². The van der Waals surface area contributed by atoms with Crippen LogP contribution in [0, 0.1) is 0 Å². The molecule has 0 aliphatic carbocycles. The van der Waals surface area contributed by atoms with Crippen LogP contribution in [-0.4, -0.2) is 19.2 Å². The Hall–Kier alpha value is -3.07. The molecule has 3 rings (SSSR count). The van der Waals surface area contributed by atoms with E-state index in [-0.39, 0.29) is 23.7 Å². The van der Waals surface area contributed by atoms with Crippen molar-refractivity contribution in [1.29, 1.82) is 0 Å². The summed E-state index contributed by atoms with van der Waals surface area (Å²) in [7, 11) is -3.86. The van der Waals surface area contributed by atoms with Gasteiger partial charge in [0.15, 0.2) is 0 Å². The maximum atomic E-state index is 13.7. The van der Waals surface area contributed by atoms with Crippen LogP contribution >= 0.6 is 0 Å². The minimum Gasteiger partial charge on any atom is -0.457 e. The number of hydrogen-bond acceptors (Lipinski definition) is 4. The number of alkyl halides is 3. The molecule has 0 radical (unpaired) electrons. The van der Waals surface area contributed by atoms with E-state index >= 15 is 0 Å². The van der Waals surface area contributed by atoms with Gasteiger partial charge in [-0.3, -0.25) is 9.29 Å². The highest BCUT2D eigenvalue weighted by atomic mass is 32.2. The van der Waals surface area contributed by atoms with Gasteiger partial charge in [-0.15, -0.1) is 0 Å². The molecule has 0 aliphatic rings. The van der Waals surface area contributed by atoms with Crippen LogP contribution in [-0.2, 0) is 22.7 Å². The van der Waals surface area contributed by atoms with Crippen molar-refractivity contribution in [3.05, 3.63) is 84.2 Å². The second kappa shape index (κ2) is 8.74. The molecule has 3 aromatic rings. The van der Waals surface area contributed by atoms with Crippen molar-refractivity contribution < 1.29 is 26.3 Å². The van der Waals surface area contributed by atoms with E-state index < -0.39 is 27.5 Å². The van der Waals surface area contributed by atoms with Crippen LogP contribution in [0.4, 0.5) is 18.9 Å². The first kappa shape index (κ1) is 21.6. The van der Waals surface area contributed by atoms with Crippen molar-refractivity contribution in [2.24, 2.45) is 0 Å². The number of hydrogen-bond donors (Lipinski definition) is 0. The monoisotopic (exact) mass is 436 g/mol. The van der Waals surface area contributed by atoms with Gasteiger partial charge in [-0.05, 0) is 49.4 Å². The highest BCUT2D eigenvalue weighted by Crippen LogP contribution is 2.41. The Kier molecular flexibility index (Phi) is 6.31. The van der Waals surface area contributed by atoms with E-state index in [4.69, 9.17) is 4.74 Å². The van der Waals surface area contributed by atoms with E-state index in [9.17, 15) is 21.6 Å². The summed E-state index contributed by atoms with van der Waals surface area (Å²) in [6, 6.07) is 16.2. The molecule has 1 heterocycles. The minimum atomic E-state index is -4.74. The van der Waals surface area contributed by atoms with Gasteiger partial charge >= 0.3 is 6.18 Å². The van der Waals surface area contributed by atoms with Gasteiger partial charge in [0.25, 0.3) is 0 Å². The Balaban J connectivity index is 2.06. The third-order valence-electron chi connectivity index (χ3n) is 4.26. The molecule has 0 unspecified atom stereocenters. The average Bonchev–Trinajstić information content (AvgIpc) is 2.73. The molecule has 9 heteroatoms. The number of para-hydroxylation sites is 1. The molecule has 1 aromatic heterocycles. The topological polar surface area (TPSA) is 59.5 Å². The second-order valence-corrected chi connectivity index (χ2v) is 8.50. The normalized spacial score (nSPS) is 11.9. The summed E-state index contributed by atoms with van der Waals surface area (Å²) in [4.78, 5) is 4.08. The number of pyridine rings is 1. The fourth-order valence-corrected chi connectivity index (χ4v) is 3.82. The Morgan fingerprint density at radius 2 is 1.70 bits per heavy atom. The number of halogens is 3. The molecule has 2 aromatic carbocycles. The lowest BCUT2D eigenvalue weighted by Gasteiger charge is -2.25. The van der Waals surface area contributed by atoms with E-state index in [1.165, 1.54) is 31.3 Å². The van der Waals surface area contributed by atoms with Gasteiger partial charge < -0.3 is 4.74 Å². The van der Waals surface area contributed by atoms with Crippen molar-refractivity contribution in [1.82, 2.24) is 4.98 Å². The molecule has 158 valence electrons. The van der Waals surface area contributed by atoms with Gasteiger partial charge in [0.1, 0.15) is 17.1 Å². The minimum absolute atomic E-state index is 0.116. The van der Waals surface area contributed by atoms with Gasteiger partial charge in [0, 0.05) is 6.20 Å². The van der Waals surface area contributed by atoms with Crippen molar-refractivity contribution in [2.45, 2.75) is 19.6 Å². The Morgan fingerprint density at radius 3 is 2.30 bits per heavy atom. The average molecular weight is 436 g/mol. The Bertz CT molecular complexity index is 1090. The van der Waals surface area contributed by atoms with Crippen molar-refractivity contribution in [3.63, 3.8) is 0 Å². The standard InChI is InChI=1S/C21H19F3N2O3S/c1-2-30(27,28)26(15-16-8-6-7-13-25-16)17-11-12-20(19(14-17)21(22,23)24)29-18-9-4-3-5-10-18/h3-14H,2,15H2,1H3. The summed E-state index contributed by atoms with van der Waals surface area (Å²) in [5.74, 6) is -0.449. The smallest absolute Gasteiger partial charge is 0.420 e. The molecular weight excluding hydrogens is 417 g/mol. The molecule has 5 nitrogen and oxygen atoms in total. The fraction of sp³-hybridized carbons (Fsp3) is 0.190. The molecule has 0 saturated heterocycles. The zero-order chi connectivity index (χ0) is 21.8. The van der Waals surface area contributed by atoms with E-state index in [0.29, 0.717) is 5.69 Å². The molecule has 0 amide bonds. The van der Waals surface area contributed by atoms with Crippen molar-refractivity contribution in [3.8, 4) is 11.5 Å². The maximum absolute atomic E-state index is 13.7. The number of anilines is 1. The first-order valence-electron chi connectivity index (χ1n) is 9.05. The lowest BCUT2D eigenvalue weighted by Crippen LogP contribution is -2.32. The fourth-order valence-electron chi connectivity index (χ4n) is 2.74. The van der Waals surface area contributed by atoms with E-state index in [1.807, 2.05) is 0 Å². The van der Waals surface area contributed by atoms with Crippen LogP contribution in [0.5, 0.6) is 11.5 Å². The number of rotatable bonds is 7. The van der Waals surface area contributed by atoms with Gasteiger partial charge in [-0.1, -0.05) is 24.3 Å². The van der Waals surface area contributed by atoms with E-state index in [1.54, 1.807) is 36.4 Å². The zero-order valence-electron chi connectivity index (χ0n) is 16.0. The third kappa shape index (κ3) is 5.10. The summed E-state index contributed by atoms with van der Waals surface area (Å²) in [5.41, 5.74) is -0.774. The number of nitrogens with zero attached hydrogens (tertiary/aromatic N) is 2. The third-order valence-corrected chi connectivity index (χ3v) is 6.00. The molecule has 0 spiro atoms. The van der Waals surface area contributed by atoms with Crippen molar-refractivity contribution in [2.75, 3.05) is 10.1 Å². The van der Waals surface area contributed by atoms with E-state index in [2.05, 4.69) is 4.98 Å². The Morgan fingerprint density at radius 1 is 1.00 bits per heavy atom. The largest absolute Gasteiger partial charge is 0.457 e. The SMILES string of the molecule is CCS(=O)(=O)N(Cc1ccccn1)c1ccc(Oc2ccccc2)c(C(F)(F)F)c1. The van der Waals surface area contributed by atoms with Crippen LogP contribution in [0.25, 0.3) is 0 Å². The number of sulfonamides is 1. The van der Waals surface area contributed by atoms with Crippen LogP contribution < -0.4 is 9.04 Å². The lowest BCUT2D eigenvalue weighted by atomic mass is 10.1. The van der Waals surface area contributed by atoms with Crippen LogP contribution in [0.2, 0.25) is 0 Å². The van der Waals surface area contributed by atoms with Gasteiger partial charge in [-0.25, -0.2) is 8.42 Å². The molecule has 30 heavy (non-hydrogen) atoms. The number of ether oxygens (including phenoxy) is 1. The van der Waals surface area contributed by atoms with Crippen LogP contribution in [0.1, 0.15) is 18.2 Å². The predicted octanol–water partition coefficient (Wildman–Crippen LogP) is 5.25. The van der Waals surface area contributed by atoms with E-state index in [0.717, 1.165) is 16.4 Å². The van der Waals surface area contributed by atoms with Crippen LogP contribution in [0.15, 0.2) is 72.9 Å². The zero-order valence-corrected chi connectivity index (χ0v) is 16.8. The summed E-state index contributed by atoms with van der Waals surface area (Å²) in [6.45, 7) is 1.24. The highest BCUT2D eigenvalue weighted by Gasteiger charge is 2.36. The quantitative estimate of drug-likeness (QED) is 0.508. The molecule has 0 fully saturated rings. The molecule has 0 atom stereocenters. The lowest BCUT2D eigenvalue weighted by molar-refractivity contribution is -0.138. The Labute approximate surface area is 172 Å². The second-order valence-electron chi connectivity index (χ2n) is 6.32. The van der Waals surface area contributed by atoms with Gasteiger partial charge in [0.05, 0.1) is 23.7 Å². The maximum Gasteiger partial charge on any atom is 0.420 e. The molecule has 0 N–H and O–H groups in total. The number of benzene rings is 2. The summed E-state index contributed by atoms with van der Waals surface area (Å²) < 4.78 is 72.8. The molecular formula is C21H19F3N2O3S. The molecule has 0 bridgehead atoms. The van der Waals surface area contributed by atoms with Gasteiger partial charge in [-0.2, -0.15) is 13.2 Å². The van der Waals surface area contributed by atoms with Crippen LogP contribution in [0.3, 0.4) is 0 Å². The summed E-state index contributed by atoms with van der Waals surface area (Å²) >= 11 is 0. The predicted molar refractivity (Wildman–Crippen MR) is 108 cm³/mol. The molecule has 0 saturated carbocycles. The summed E-state index contributed by atoms with van der Waals surface area (Å²) in [6.07, 6.45) is -3.25. The number of aromatic nitrogens is 1. The first-order valence-corrected chi connectivity index (χ1v) is 10.7. The highest BCUT2D eigenvalue weighted by molar-refractivity contribution is 7.92. The summed E-state index contributed by atoms with van der Waals surface area (Å²) in [5, 5.41) is 0.